The number of hydrogen-bond acceptors (Lipinski definition) is 22. The lowest BCUT2D eigenvalue weighted by molar-refractivity contribution is -0.140. The third kappa shape index (κ3) is 22.5. The molecule has 2 saturated heterocycles. The molecule has 0 aliphatic carbocycles. The number of carboxylic acids is 2. The van der Waals surface area contributed by atoms with Gasteiger partial charge in [-0.3, -0.25) is 19.2 Å². The van der Waals surface area contributed by atoms with Crippen molar-refractivity contribution < 1.29 is 77.5 Å². The molecule has 8 N–H and O–H groups in total. The fraction of sp³-hybridized carbons (Fsp3) is 0.130. The molecule has 0 spiro atoms. The Kier molecular flexibility index (Phi) is 27.2. The van der Waals surface area contributed by atoms with E-state index in [0.29, 0.717) is 114 Å². The number of aromatic nitrogens is 2. The quantitative estimate of drug-likeness (QED) is 0.0168. The molecular weight excluding hydrogens is 1370 g/mol. The van der Waals surface area contributed by atoms with E-state index in [1.807, 2.05) is 55.5 Å². The zero-order chi connectivity index (χ0) is 70.3. The van der Waals surface area contributed by atoms with Gasteiger partial charge in [0.2, 0.25) is 0 Å². The Labute approximate surface area is 581 Å². The van der Waals surface area contributed by atoms with E-state index in [-0.39, 0.29) is 34.5 Å². The molecule has 0 unspecified atom stereocenters. The number of carbonyl (C=O) groups excluding carboxylic acids is 2. The Balaban J connectivity index is 0.000000183. The summed E-state index contributed by atoms with van der Waals surface area (Å²) in [6.45, 7) is 16.4. The van der Waals surface area contributed by atoms with Gasteiger partial charge in [-0.05, 0) is 125 Å². The molecule has 0 saturated carbocycles. The second-order valence-electron chi connectivity index (χ2n) is 19.8. The summed E-state index contributed by atoms with van der Waals surface area (Å²) < 4.78 is 46.5. The minimum Gasteiger partial charge on any atom is -0.508 e. The summed E-state index contributed by atoms with van der Waals surface area (Å²) >= 11 is 15.0. The largest absolute Gasteiger partial charge is 0.508 e. The zero-order valence-electron chi connectivity index (χ0n) is 52.2. The van der Waals surface area contributed by atoms with Gasteiger partial charge in [0, 0.05) is 11.1 Å². The van der Waals surface area contributed by atoms with Crippen molar-refractivity contribution in [2.45, 2.75) is 20.1 Å². The van der Waals surface area contributed by atoms with Gasteiger partial charge in [-0.2, -0.15) is 0 Å². The van der Waals surface area contributed by atoms with Gasteiger partial charge in [0.1, 0.15) is 33.4 Å². The number of thioether (sulfide) groups is 2. The van der Waals surface area contributed by atoms with Gasteiger partial charge < -0.3 is 78.9 Å². The molecule has 2 fully saturated rings. The summed E-state index contributed by atoms with van der Waals surface area (Å²) in [5, 5.41) is 41.4. The highest BCUT2D eigenvalue weighted by Gasteiger charge is 2.24. The Bertz CT molecular complexity index is 4590. The van der Waals surface area contributed by atoms with E-state index in [2.05, 4.69) is 46.9 Å². The van der Waals surface area contributed by atoms with Crippen LogP contribution in [0.3, 0.4) is 0 Å². The molecule has 22 nitrogen and oxygen atoms in total. The number of H-pyrrole nitrogens is 2. The fourth-order valence-corrected chi connectivity index (χ4v) is 12.0. The van der Waals surface area contributed by atoms with Gasteiger partial charge in [-0.25, -0.2) is 9.59 Å². The molecule has 8 aromatic rings. The maximum absolute atomic E-state index is 11.8. The molecule has 0 atom stereocenters. The van der Waals surface area contributed by atoms with Gasteiger partial charge in [0.15, 0.2) is 59.2 Å². The summed E-state index contributed by atoms with van der Waals surface area (Å²) in [6, 6.07) is 35.5. The van der Waals surface area contributed by atoms with Crippen LogP contribution in [0, 0.1) is 0 Å². The van der Waals surface area contributed by atoms with Crippen molar-refractivity contribution in [2.24, 2.45) is 0 Å². The van der Waals surface area contributed by atoms with Gasteiger partial charge in [0.25, 0.3) is 22.9 Å². The van der Waals surface area contributed by atoms with Crippen molar-refractivity contribution in [3.05, 3.63) is 228 Å². The minimum atomic E-state index is -1.07. The number of thiocarbonyl (C=S) groups is 2. The fourth-order valence-electron chi connectivity index (χ4n) is 8.39. The molecule has 2 amide bonds. The second kappa shape index (κ2) is 35.8. The normalized spacial score (nSPS) is 13.4. The first kappa shape index (κ1) is 73.8. The van der Waals surface area contributed by atoms with Crippen molar-refractivity contribution in [3.63, 3.8) is 0 Å². The Hall–Kier alpha value is -10.6. The van der Waals surface area contributed by atoms with Crippen LogP contribution in [-0.4, -0.2) is 104 Å². The zero-order valence-corrected chi connectivity index (χ0v) is 57.1. The number of ether oxygens (including phenoxy) is 8. The van der Waals surface area contributed by atoms with Crippen LogP contribution < -0.4 is 78.0 Å². The summed E-state index contributed by atoms with van der Waals surface area (Å²) in [6.07, 6.45) is 6.91. The first-order valence-electron chi connectivity index (χ1n) is 28.4. The number of carboxylic acid groups (broad SMARTS) is 2. The summed E-state index contributed by atoms with van der Waals surface area (Å²) in [5.41, 5.74) is 5.78. The molecular formula is C69H62N4O18S6. The van der Waals surface area contributed by atoms with Crippen molar-refractivity contribution in [1.29, 1.82) is 0 Å². The number of aliphatic carboxylic acids is 2. The maximum atomic E-state index is 11.8. The molecule has 2 aliphatic rings. The Morgan fingerprint density at radius 1 is 0.474 bits per heavy atom. The van der Waals surface area contributed by atoms with Crippen LogP contribution in [0.5, 0.6) is 46.0 Å². The third-order valence-corrected chi connectivity index (χ3v) is 16.8. The van der Waals surface area contributed by atoms with Crippen molar-refractivity contribution in [1.82, 2.24) is 20.6 Å². The number of rotatable bonds is 23. The van der Waals surface area contributed by atoms with Crippen LogP contribution in [0.25, 0.3) is 49.0 Å². The highest BCUT2D eigenvalue weighted by atomic mass is 32.2. The number of nitrogens with one attached hydrogen (secondary N) is 4. The number of aliphatic hydroxyl groups excluding tert-OH is 2. The molecule has 502 valence electrons. The van der Waals surface area contributed by atoms with Crippen molar-refractivity contribution >= 4 is 152 Å². The summed E-state index contributed by atoms with van der Waals surface area (Å²) in [4.78, 5) is 74.2. The number of amides is 2. The van der Waals surface area contributed by atoms with Crippen LogP contribution in [0.1, 0.15) is 51.4 Å². The van der Waals surface area contributed by atoms with Crippen LogP contribution in [0.2, 0.25) is 0 Å². The third-order valence-electron chi connectivity index (χ3n) is 12.7. The molecule has 2 aliphatic heterocycles. The number of aromatic amines is 2. The van der Waals surface area contributed by atoms with E-state index in [1.54, 1.807) is 111 Å². The lowest BCUT2D eigenvalue weighted by Gasteiger charge is -2.12. The predicted molar refractivity (Wildman–Crippen MR) is 387 cm³/mol. The summed E-state index contributed by atoms with van der Waals surface area (Å²) in [7, 11) is 4.57. The number of benzene rings is 6. The summed E-state index contributed by atoms with van der Waals surface area (Å²) in [5.74, 6) is 1.26. The molecule has 0 radical (unpaired) electrons. The van der Waals surface area contributed by atoms with Crippen LogP contribution in [0.4, 0.5) is 0 Å². The highest BCUT2D eigenvalue weighted by molar-refractivity contribution is 8.27. The van der Waals surface area contributed by atoms with E-state index >= 15 is 0 Å². The average molecular weight is 1430 g/mol. The lowest BCUT2D eigenvalue weighted by atomic mass is 10.1. The van der Waals surface area contributed by atoms with Crippen LogP contribution in [-0.2, 0) is 32.4 Å². The lowest BCUT2D eigenvalue weighted by Crippen LogP contribution is -2.19. The highest BCUT2D eigenvalue weighted by Crippen LogP contribution is 2.35. The Morgan fingerprint density at radius 2 is 0.825 bits per heavy atom. The van der Waals surface area contributed by atoms with Gasteiger partial charge in [-0.15, -0.1) is 22.7 Å². The Morgan fingerprint density at radius 3 is 1.13 bits per heavy atom. The number of carbonyl (C=O) groups is 4. The first-order chi connectivity index (χ1) is 46.4. The molecule has 6 aromatic carbocycles. The molecule has 0 bridgehead atoms. The number of aliphatic hydroxyl groups is 2. The second-order valence-corrected chi connectivity index (χ2v) is 25.5. The predicted octanol–water partition coefficient (Wildman–Crippen LogP) is 9.27. The number of thiazole rings is 2. The smallest absolute Gasteiger partial charge is 0.341 e. The average Bonchev–Trinajstić information content (AvgIpc) is 1.88. The van der Waals surface area contributed by atoms with E-state index < -0.39 is 25.2 Å². The van der Waals surface area contributed by atoms with Gasteiger partial charge >= 0.3 is 11.9 Å². The molecule has 2 aromatic heterocycles. The van der Waals surface area contributed by atoms with E-state index in [0.717, 1.165) is 33.4 Å². The molecule has 4 heterocycles. The number of hydrogen-bond donors (Lipinski definition) is 8. The van der Waals surface area contributed by atoms with Gasteiger partial charge in [0.05, 0.1) is 56.1 Å². The van der Waals surface area contributed by atoms with Gasteiger partial charge in [-0.1, -0.05) is 135 Å². The van der Waals surface area contributed by atoms with E-state index in [9.17, 15) is 39.0 Å². The standard InChI is InChI=1S/2C20H17NO4S2.C15H15NO5S.C14H13NO5S/c2*1-12(22)15-5-3-4-14(8-15)11-25-16-7-6-13(9-17(16)24-2)10-18-19(23)21-20(26)27-18;1-3-20-12-6-10(4-5-11(12)21-8-14(17)18)7-13-15(19)16-9(2)22-13;1-8-15-14(18)12(21-8)6-9-3-4-10(11(5-9)19-2)20-7-13(16)17/h2*3-10,22H,1,11H2,2H3,(H,21,23,26);4-7H,2-3,8H2,1H3,(H,16,19)(H,17,18);3-6H,1,7H2,2H3,(H,15,18)(H,16,17)/b18-10+;18-10-;13-7-;12-6-. The maximum Gasteiger partial charge on any atom is 0.341 e. The van der Waals surface area contributed by atoms with Crippen LogP contribution >= 0.6 is 70.6 Å². The molecule has 10 rings (SSSR count). The van der Waals surface area contributed by atoms with E-state index in [1.165, 1.54) is 53.3 Å². The SMILES string of the molecule is C=C(O)c1cccc(COc2ccc(/C=C3/SC(=S)NC3=O)cc2OC)c1.C=C(O)c1cccc(COc2ccc(/C=C3\SC(=S)NC3=O)cc2OC)c1.C=c1[nH]c(=O)/c(=C/c2ccc(OCC(=O)O)c(OC)c2)s1.C=c1[nH]c(=O)/c(=C/c2ccc(OCC(=O)O)c(OCC)c2)s1. The minimum absolute atomic E-state index is 0.0140. The monoisotopic (exact) mass is 1430 g/mol. The van der Waals surface area contributed by atoms with Crippen molar-refractivity contribution in [3.8, 4) is 46.0 Å². The first-order valence-corrected chi connectivity index (χ1v) is 32.5. The molecule has 97 heavy (non-hydrogen) atoms. The molecule has 28 heteroatoms. The topological polar surface area (TPSA) is 313 Å². The number of methoxy groups -OCH3 is 3. The van der Waals surface area contributed by atoms with E-state index in [4.69, 9.17) is 72.5 Å². The van der Waals surface area contributed by atoms with Crippen LogP contribution in [0.15, 0.2) is 154 Å². The van der Waals surface area contributed by atoms with Crippen molar-refractivity contribution in [2.75, 3.05) is 41.2 Å².